The van der Waals surface area contributed by atoms with Crippen molar-refractivity contribution in [2.24, 2.45) is 5.92 Å². The molecule has 1 fully saturated rings. The first kappa shape index (κ1) is 24.5. The maximum atomic E-state index is 13.3. The fourth-order valence-electron chi connectivity index (χ4n) is 3.92. The van der Waals surface area contributed by atoms with Crippen LogP contribution in [0.3, 0.4) is 0 Å². The highest BCUT2D eigenvalue weighted by atomic mass is 127. The number of alkyl halides is 3. The molecule has 1 aromatic carbocycles. The molecule has 0 unspecified atom stereocenters. The number of aromatic nitrogens is 3. The zero-order valence-corrected chi connectivity index (χ0v) is 20.3. The van der Waals surface area contributed by atoms with Crippen molar-refractivity contribution in [3.05, 3.63) is 38.7 Å². The molecule has 0 atom stereocenters. The molecule has 7 nitrogen and oxygen atoms in total. The van der Waals surface area contributed by atoms with E-state index in [4.69, 9.17) is 0 Å². The second kappa shape index (κ2) is 10.2. The Hall–Kier alpha value is -2.18. The van der Waals surface area contributed by atoms with Crippen LogP contribution in [0.5, 0.6) is 0 Å². The van der Waals surface area contributed by atoms with Crippen LogP contribution in [0.25, 0.3) is 0 Å². The van der Waals surface area contributed by atoms with Crippen molar-refractivity contribution in [2.45, 2.75) is 51.4 Å². The van der Waals surface area contributed by atoms with Gasteiger partial charge in [-0.15, -0.1) is 0 Å². The number of amides is 1. The van der Waals surface area contributed by atoms with Gasteiger partial charge in [0, 0.05) is 36.2 Å². The lowest BCUT2D eigenvalue weighted by Crippen LogP contribution is -2.40. The van der Waals surface area contributed by atoms with Crippen molar-refractivity contribution in [3.63, 3.8) is 0 Å². The molecule has 1 aliphatic rings. The van der Waals surface area contributed by atoms with Gasteiger partial charge < -0.3 is 15.5 Å². The summed E-state index contributed by atoms with van der Waals surface area (Å²) in [5, 5.41) is 5.62. The van der Waals surface area contributed by atoms with E-state index in [9.17, 15) is 18.0 Å². The molecule has 2 aromatic rings. The van der Waals surface area contributed by atoms with Gasteiger partial charge >= 0.3 is 6.18 Å². The van der Waals surface area contributed by atoms with Crippen LogP contribution in [-0.2, 0) is 17.5 Å². The number of anilines is 2. The van der Waals surface area contributed by atoms with Crippen LogP contribution in [0, 0.1) is 16.4 Å². The highest BCUT2D eigenvalue weighted by Crippen LogP contribution is 2.33. The van der Waals surface area contributed by atoms with E-state index in [0.29, 0.717) is 34.1 Å². The molecule has 0 spiro atoms. The SMILES string of the molecule is CNc1nc(C)nc(N(C)C2CCC(C(=O)NCc3ccc(I)cc3C(F)(F)F)CC2)n1. The van der Waals surface area contributed by atoms with Gasteiger partial charge in [0.1, 0.15) is 5.82 Å². The van der Waals surface area contributed by atoms with E-state index >= 15 is 0 Å². The fourth-order valence-corrected chi connectivity index (χ4v) is 4.41. The summed E-state index contributed by atoms with van der Waals surface area (Å²) in [6.07, 6.45) is -1.60. The van der Waals surface area contributed by atoms with Gasteiger partial charge in [-0.25, -0.2) is 0 Å². The number of nitrogens with one attached hydrogen (secondary N) is 2. The summed E-state index contributed by atoms with van der Waals surface area (Å²) >= 11 is 1.85. The molecule has 0 saturated heterocycles. The summed E-state index contributed by atoms with van der Waals surface area (Å²) in [4.78, 5) is 27.6. The summed E-state index contributed by atoms with van der Waals surface area (Å²) in [5.74, 6) is 1.28. The summed E-state index contributed by atoms with van der Waals surface area (Å²) in [6.45, 7) is 1.67. The third-order valence-electron chi connectivity index (χ3n) is 5.72. The lowest BCUT2D eigenvalue weighted by Gasteiger charge is -2.34. The van der Waals surface area contributed by atoms with Crippen molar-refractivity contribution in [1.82, 2.24) is 20.3 Å². The average molecular weight is 562 g/mol. The fraction of sp³-hybridized carbons (Fsp3) is 0.524. The van der Waals surface area contributed by atoms with Crippen LogP contribution >= 0.6 is 22.6 Å². The van der Waals surface area contributed by atoms with Gasteiger partial charge in [-0.3, -0.25) is 4.79 Å². The first-order chi connectivity index (χ1) is 15.1. The molecule has 0 bridgehead atoms. The van der Waals surface area contributed by atoms with Gasteiger partial charge in [-0.05, 0) is 72.9 Å². The lowest BCUT2D eigenvalue weighted by atomic mass is 9.85. The molecular weight excluding hydrogens is 536 g/mol. The average Bonchev–Trinajstić information content (AvgIpc) is 2.76. The molecule has 1 heterocycles. The van der Waals surface area contributed by atoms with Gasteiger partial charge in [0.05, 0.1) is 5.56 Å². The van der Waals surface area contributed by atoms with Crippen LogP contribution < -0.4 is 15.5 Å². The number of carbonyl (C=O) groups is 1. The van der Waals surface area contributed by atoms with E-state index in [-0.39, 0.29) is 30.0 Å². The summed E-state index contributed by atoms with van der Waals surface area (Å²) in [5.41, 5.74) is -0.631. The zero-order valence-electron chi connectivity index (χ0n) is 18.1. The predicted molar refractivity (Wildman–Crippen MR) is 124 cm³/mol. The second-order valence-corrected chi connectivity index (χ2v) is 9.14. The molecule has 0 radical (unpaired) electrons. The van der Waals surface area contributed by atoms with Crippen LogP contribution in [0.4, 0.5) is 25.1 Å². The number of hydrogen-bond acceptors (Lipinski definition) is 6. The molecular formula is C21H26F3IN6O. The van der Waals surface area contributed by atoms with E-state index in [2.05, 4.69) is 25.6 Å². The van der Waals surface area contributed by atoms with E-state index in [0.717, 1.165) is 18.9 Å². The number of benzene rings is 1. The number of nitrogens with zero attached hydrogens (tertiary/aromatic N) is 4. The van der Waals surface area contributed by atoms with Crippen LogP contribution in [0.15, 0.2) is 18.2 Å². The maximum Gasteiger partial charge on any atom is 0.416 e. The largest absolute Gasteiger partial charge is 0.416 e. The summed E-state index contributed by atoms with van der Waals surface area (Å²) in [7, 11) is 3.67. The highest BCUT2D eigenvalue weighted by molar-refractivity contribution is 14.1. The second-order valence-electron chi connectivity index (χ2n) is 7.89. The zero-order chi connectivity index (χ0) is 23.5. The normalized spacial score (nSPS) is 18.8. The molecule has 1 amide bonds. The van der Waals surface area contributed by atoms with E-state index in [1.807, 2.05) is 34.5 Å². The van der Waals surface area contributed by atoms with Gasteiger partial charge in [0.15, 0.2) is 0 Å². The molecule has 1 aliphatic carbocycles. The van der Waals surface area contributed by atoms with Crippen molar-refractivity contribution < 1.29 is 18.0 Å². The van der Waals surface area contributed by atoms with Crippen LogP contribution in [-0.4, -0.2) is 41.0 Å². The van der Waals surface area contributed by atoms with Gasteiger partial charge in [0.2, 0.25) is 17.8 Å². The lowest BCUT2D eigenvalue weighted by molar-refractivity contribution is -0.138. The van der Waals surface area contributed by atoms with Gasteiger partial charge in [-0.2, -0.15) is 28.1 Å². The topological polar surface area (TPSA) is 83.0 Å². The Labute approximate surface area is 198 Å². The van der Waals surface area contributed by atoms with Crippen LogP contribution in [0.2, 0.25) is 0 Å². The standard InChI is InChI=1S/C21H26F3IN6O/c1-12-28-19(26-2)30-20(29-12)31(3)16-8-5-13(6-9-16)18(32)27-11-14-4-7-15(25)10-17(14)21(22,23)24/h4,7,10,13,16H,5-6,8-9,11H2,1-3H3,(H,27,32)(H,26,28,29,30). The van der Waals surface area contributed by atoms with E-state index in [1.165, 1.54) is 6.07 Å². The van der Waals surface area contributed by atoms with Crippen LogP contribution in [0.1, 0.15) is 42.6 Å². The molecule has 32 heavy (non-hydrogen) atoms. The number of halogens is 4. The first-order valence-electron chi connectivity index (χ1n) is 10.3. The van der Waals surface area contributed by atoms with Crippen molar-refractivity contribution in [2.75, 3.05) is 24.3 Å². The molecule has 1 aromatic heterocycles. The Balaban J connectivity index is 1.57. The van der Waals surface area contributed by atoms with Crippen molar-refractivity contribution in [1.29, 1.82) is 0 Å². The Morgan fingerprint density at radius 1 is 1.19 bits per heavy atom. The Bertz CT molecular complexity index is 963. The molecule has 0 aliphatic heterocycles. The van der Waals surface area contributed by atoms with Gasteiger partial charge in [-0.1, -0.05) is 6.07 Å². The predicted octanol–water partition coefficient (Wildman–Crippen LogP) is 4.16. The first-order valence-corrected chi connectivity index (χ1v) is 11.4. The minimum atomic E-state index is -4.45. The van der Waals surface area contributed by atoms with Gasteiger partial charge in [0.25, 0.3) is 0 Å². The molecule has 1 saturated carbocycles. The van der Waals surface area contributed by atoms with Crippen molar-refractivity contribution >= 4 is 40.4 Å². The van der Waals surface area contributed by atoms with E-state index in [1.54, 1.807) is 20.0 Å². The smallest absolute Gasteiger partial charge is 0.357 e. The monoisotopic (exact) mass is 562 g/mol. The number of aryl methyl sites for hydroxylation is 1. The number of rotatable bonds is 6. The quantitative estimate of drug-likeness (QED) is 0.515. The molecule has 3 rings (SSSR count). The number of hydrogen-bond donors (Lipinski definition) is 2. The molecule has 11 heteroatoms. The Morgan fingerprint density at radius 3 is 2.50 bits per heavy atom. The third kappa shape index (κ3) is 5.99. The third-order valence-corrected chi connectivity index (χ3v) is 6.39. The molecule has 174 valence electrons. The maximum absolute atomic E-state index is 13.3. The van der Waals surface area contributed by atoms with Crippen molar-refractivity contribution in [3.8, 4) is 0 Å². The minimum absolute atomic E-state index is 0.0743. The number of carbonyl (C=O) groups excluding carboxylic acids is 1. The molecule has 2 N–H and O–H groups in total. The summed E-state index contributed by atoms with van der Waals surface area (Å²) < 4.78 is 40.4. The Kier molecular flexibility index (Phi) is 7.78. The minimum Gasteiger partial charge on any atom is -0.357 e. The Morgan fingerprint density at radius 2 is 1.88 bits per heavy atom. The van der Waals surface area contributed by atoms with E-state index < -0.39 is 11.7 Å². The highest BCUT2D eigenvalue weighted by Gasteiger charge is 2.34. The summed E-state index contributed by atoms with van der Waals surface area (Å²) in [6, 6.07) is 4.32.